The third-order valence-electron chi connectivity index (χ3n) is 5.39. The zero-order valence-electron chi connectivity index (χ0n) is 16.8. The Labute approximate surface area is 184 Å². The number of anilines is 1. The van der Waals surface area contributed by atoms with Gasteiger partial charge in [0.05, 0.1) is 17.5 Å². The van der Waals surface area contributed by atoms with Crippen molar-refractivity contribution in [3.8, 4) is 0 Å². The molecule has 4 rings (SSSR count). The second kappa shape index (κ2) is 8.41. The van der Waals surface area contributed by atoms with E-state index in [-0.39, 0.29) is 35.2 Å². The second-order valence-corrected chi connectivity index (χ2v) is 10.1. The van der Waals surface area contributed by atoms with Crippen LogP contribution in [0.15, 0.2) is 64.9 Å². The van der Waals surface area contributed by atoms with Crippen LogP contribution in [0.5, 0.6) is 0 Å². The molecule has 1 amide bonds. The van der Waals surface area contributed by atoms with E-state index in [1.165, 1.54) is 29.5 Å². The van der Waals surface area contributed by atoms with E-state index in [0.717, 1.165) is 21.7 Å². The molecule has 0 fully saturated rings. The topological polar surface area (TPSA) is 92.5 Å². The maximum absolute atomic E-state index is 13.4. The summed E-state index contributed by atoms with van der Waals surface area (Å²) in [6.07, 6.45) is 0.623. The van der Waals surface area contributed by atoms with Gasteiger partial charge in [0.25, 0.3) is 0 Å². The molecule has 1 aromatic heterocycles. The van der Waals surface area contributed by atoms with Gasteiger partial charge >= 0.3 is 0 Å². The van der Waals surface area contributed by atoms with Crippen LogP contribution in [0.2, 0.25) is 0 Å². The lowest BCUT2D eigenvalue weighted by Gasteiger charge is -2.26. The Morgan fingerprint density at radius 1 is 1.26 bits per heavy atom. The van der Waals surface area contributed by atoms with E-state index >= 15 is 0 Å². The van der Waals surface area contributed by atoms with Crippen molar-refractivity contribution < 1.29 is 17.6 Å². The minimum Gasteiger partial charge on any atom is -0.359 e. The average Bonchev–Trinajstić information content (AvgIpc) is 3.34. The summed E-state index contributed by atoms with van der Waals surface area (Å²) in [5.74, 6) is -0.515. The van der Waals surface area contributed by atoms with E-state index in [1.54, 1.807) is 24.3 Å². The molecular weight excluding hydrogens is 437 g/mol. The summed E-state index contributed by atoms with van der Waals surface area (Å²) >= 11 is 1.52. The lowest BCUT2D eigenvalue weighted by molar-refractivity contribution is -0.120. The maximum atomic E-state index is 13.4. The molecule has 0 radical (unpaired) electrons. The van der Waals surface area contributed by atoms with Crippen LogP contribution in [0.25, 0.3) is 0 Å². The highest BCUT2D eigenvalue weighted by molar-refractivity contribution is 7.89. The van der Waals surface area contributed by atoms with Gasteiger partial charge in [-0.25, -0.2) is 17.9 Å². The molecule has 1 aliphatic heterocycles. The summed E-state index contributed by atoms with van der Waals surface area (Å²) in [7, 11) is -3.78. The van der Waals surface area contributed by atoms with Crippen LogP contribution in [0.4, 0.5) is 10.1 Å². The van der Waals surface area contributed by atoms with Gasteiger partial charge in [-0.1, -0.05) is 18.2 Å². The molecule has 2 unspecified atom stereocenters. The van der Waals surface area contributed by atoms with Crippen LogP contribution in [-0.2, 0) is 21.2 Å². The highest BCUT2D eigenvalue weighted by Crippen LogP contribution is 2.33. The van der Waals surface area contributed by atoms with Crippen molar-refractivity contribution in [1.29, 1.82) is 0 Å². The summed E-state index contributed by atoms with van der Waals surface area (Å²) in [5, 5.41) is 10.2. The van der Waals surface area contributed by atoms with Crippen molar-refractivity contribution in [2.75, 3.05) is 11.4 Å². The van der Waals surface area contributed by atoms with E-state index in [2.05, 4.69) is 5.32 Å². The normalized spacial score (nSPS) is 16.7. The number of fused-ring (bicyclic) bond motifs is 1. The number of hydrogen-bond donors (Lipinski definition) is 2. The number of rotatable bonds is 6. The summed E-state index contributed by atoms with van der Waals surface area (Å²) < 4.78 is 36.7. The Hall–Kier alpha value is -2.75. The molecule has 0 aliphatic carbocycles. The number of hydrogen-bond acceptors (Lipinski definition) is 5. The third kappa shape index (κ3) is 4.63. The third-order valence-corrected chi connectivity index (χ3v) is 7.23. The SMILES string of the molecule is CC1Cc2cc(S(N)(=O)=O)ccc2N1CC(=O)NC(c1ccc(F)cc1)c1cccs1. The molecule has 3 N–H and O–H groups in total. The highest BCUT2D eigenvalue weighted by atomic mass is 32.2. The van der Waals surface area contributed by atoms with E-state index < -0.39 is 10.0 Å². The number of nitrogens with two attached hydrogens (primary N) is 1. The van der Waals surface area contributed by atoms with Gasteiger partial charge in [0.2, 0.25) is 15.9 Å². The quantitative estimate of drug-likeness (QED) is 0.592. The second-order valence-electron chi connectivity index (χ2n) is 7.58. The standard InChI is InChI=1S/C22H22FN3O3S2/c1-14-11-16-12-18(31(24,28)29)8-9-19(16)26(14)13-21(27)25-22(20-3-2-10-30-20)15-4-6-17(23)7-5-15/h2-10,12,14,22H,11,13H2,1H3,(H,25,27)(H2,24,28,29). The van der Waals surface area contributed by atoms with Gasteiger partial charge in [-0.3, -0.25) is 4.79 Å². The Balaban J connectivity index is 1.54. The van der Waals surface area contributed by atoms with Crippen molar-refractivity contribution in [1.82, 2.24) is 5.32 Å². The van der Waals surface area contributed by atoms with Gasteiger partial charge in [-0.15, -0.1) is 11.3 Å². The van der Waals surface area contributed by atoms with Crippen molar-refractivity contribution in [2.24, 2.45) is 5.14 Å². The smallest absolute Gasteiger partial charge is 0.240 e. The molecule has 2 atom stereocenters. The molecule has 3 aromatic rings. The van der Waals surface area contributed by atoms with Gasteiger partial charge in [0, 0.05) is 16.6 Å². The monoisotopic (exact) mass is 459 g/mol. The van der Waals surface area contributed by atoms with E-state index in [0.29, 0.717) is 6.42 Å². The molecule has 31 heavy (non-hydrogen) atoms. The average molecular weight is 460 g/mol. The molecule has 162 valence electrons. The first-order valence-electron chi connectivity index (χ1n) is 9.73. The fraction of sp³-hybridized carbons (Fsp3) is 0.227. The number of primary sulfonamides is 1. The van der Waals surface area contributed by atoms with Crippen LogP contribution in [0, 0.1) is 5.82 Å². The van der Waals surface area contributed by atoms with Crippen molar-refractivity contribution in [3.63, 3.8) is 0 Å². The number of halogens is 1. The summed E-state index contributed by atoms with van der Waals surface area (Å²) in [6.45, 7) is 2.10. The van der Waals surface area contributed by atoms with Gasteiger partial charge < -0.3 is 10.2 Å². The lowest BCUT2D eigenvalue weighted by Crippen LogP contribution is -2.41. The lowest BCUT2D eigenvalue weighted by atomic mass is 10.1. The summed E-state index contributed by atoms with van der Waals surface area (Å²) in [4.78, 5) is 16.0. The molecule has 0 saturated heterocycles. The number of sulfonamides is 1. The number of nitrogens with one attached hydrogen (secondary N) is 1. The Bertz CT molecular complexity index is 1200. The predicted octanol–water partition coefficient (Wildman–Crippen LogP) is 3.19. The first-order chi connectivity index (χ1) is 14.7. The van der Waals surface area contributed by atoms with Crippen LogP contribution >= 0.6 is 11.3 Å². The number of carbonyl (C=O) groups excluding carboxylic acids is 1. The molecule has 1 aliphatic rings. The van der Waals surface area contributed by atoms with Crippen molar-refractivity contribution in [2.45, 2.75) is 30.3 Å². The van der Waals surface area contributed by atoms with E-state index in [9.17, 15) is 17.6 Å². The number of amides is 1. The summed E-state index contributed by atoms with van der Waals surface area (Å²) in [6, 6.07) is 14.3. The predicted molar refractivity (Wildman–Crippen MR) is 119 cm³/mol. The zero-order chi connectivity index (χ0) is 22.2. The van der Waals surface area contributed by atoms with Gasteiger partial charge in [-0.05, 0) is 66.2 Å². The van der Waals surface area contributed by atoms with E-state index in [4.69, 9.17) is 5.14 Å². The van der Waals surface area contributed by atoms with Crippen LogP contribution in [0.1, 0.15) is 29.0 Å². The molecule has 0 spiro atoms. The molecule has 9 heteroatoms. The van der Waals surface area contributed by atoms with Gasteiger partial charge in [0.1, 0.15) is 5.82 Å². The number of carbonyl (C=O) groups is 1. The van der Waals surface area contributed by atoms with Crippen LogP contribution < -0.4 is 15.4 Å². The first-order valence-corrected chi connectivity index (χ1v) is 12.2. The van der Waals surface area contributed by atoms with Crippen LogP contribution in [0.3, 0.4) is 0 Å². The fourth-order valence-corrected chi connectivity index (χ4v) is 5.25. The Morgan fingerprint density at radius 3 is 2.65 bits per heavy atom. The minimum atomic E-state index is -3.78. The maximum Gasteiger partial charge on any atom is 0.240 e. The zero-order valence-corrected chi connectivity index (χ0v) is 18.4. The highest BCUT2D eigenvalue weighted by Gasteiger charge is 2.29. The number of nitrogens with zero attached hydrogens (tertiary/aromatic N) is 1. The molecule has 2 heterocycles. The number of thiophene rings is 1. The van der Waals surface area contributed by atoms with E-state index in [1.807, 2.05) is 29.3 Å². The van der Waals surface area contributed by atoms with Crippen molar-refractivity contribution >= 4 is 33.0 Å². The molecule has 6 nitrogen and oxygen atoms in total. The fourth-order valence-electron chi connectivity index (χ4n) is 3.88. The Morgan fingerprint density at radius 2 is 2.00 bits per heavy atom. The minimum absolute atomic E-state index is 0.0301. The molecule has 2 aromatic carbocycles. The molecule has 0 saturated carbocycles. The van der Waals surface area contributed by atoms with Crippen molar-refractivity contribution in [3.05, 3.63) is 81.8 Å². The first kappa shape index (κ1) is 21.5. The number of benzene rings is 2. The molecule has 0 bridgehead atoms. The molecular formula is C22H22FN3O3S2. The Kier molecular flexibility index (Phi) is 5.83. The largest absolute Gasteiger partial charge is 0.359 e. The summed E-state index contributed by atoms with van der Waals surface area (Å²) in [5.41, 5.74) is 2.47. The van der Waals surface area contributed by atoms with Crippen LogP contribution in [-0.4, -0.2) is 26.9 Å². The van der Waals surface area contributed by atoms with Gasteiger partial charge in [-0.2, -0.15) is 0 Å². The van der Waals surface area contributed by atoms with Gasteiger partial charge in [0.15, 0.2) is 0 Å².